The van der Waals surface area contributed by atoms with Gasteiger partial charge < -0.3 is 25.0 Å². The molecule has 1 fully saturated rings. The van der Waals surface area contributed by atoms with E-state index in [1.54, 1.807) is 32.6 Å². The van der Waals surface area contributed by atoms with Gasteiger partial charge in [-0.25, -0.2) is 4.98 Å². The first kappa shape index (κ1) is 22.5. The molecule has 28 heavy (non-hydrogen) atoms. The van der Waals surface area contributed by atoms with Gasteiger partial charge in [0, 0.05) is 61.1 Å². The lowest BCUT2D eigenvalue weighted by Crippen LogP contribution is -2.44. The molecule has 154 valence electrons. The molecular formula is C19H28IN5O2S. The lowest BCUT2D eigenvalue weighted by molar-refractivity contribution is 0.394. The minimum absolute atomic E-state index is 0. The molecule has 0 bridgehead atoms. The number of rotatable bonds is 6. The second kappa shape index (κ2) is 10.7. The van der Waals surface area contributed by atoms with Crippen molar-refractivity contribution in [2.24, 2.45) is 4.99 Å². The van der Waals surface area contributed by atoms with E-state index in [4.69, 9.17) is 9.47 Å². The standard InChI is InChI=1S/C19H27N5O2S.HI/c1-13-21-10-18(27-13)11-22-19(20-2)23-14-5-6-24(12-14)15-7-16(25-3)9-17(8-15)26-4;/h7-10,14H,5-6,11-12H2,1-4H3,(H2,20,22,23);1H. The van der Waals surface area contributed by atoms with Crippen LogP contribution in [0.25, 0.3) is 0 Å². The minimum atomic E-state index is 0. The summed E-state index contributed by atoms with van der Waals surface area (Å²) >= 11 is 1.70. The summed E-state index contributed by atoms with van der Waals surface area (Å²) in [6, 6.07) is 6.31. The van der Waals surface area contributed by atoms with Crippen molar-refractivity contribution in [1.29, 1.82) is 0 Å². The van der Waals surface area contributed by atoms with Crippen LogP contribution in [0, 0.1) is 6.92 Å². The minimum Gasteiger partial charge on any atom is -0.497 e. The Morgan fingerprint density at radius 3 is 2.57 bits per heavy atom. The smallest absolute Gasteiger partial charge is 0.191 e. The molecule has 0 amide bonds. The normalized spacial score (nSPS) is 16.5. The largest absolute Gasteiger partial charge is 0.497 e. The summed E-state index contributed by atoms with van der Waals surface area (Å²) < 4.78 is 10.8. The molecule has 3 rings (SSSR count). The fourth-order valence-electron chi connectivity index (χ4n) is 3.13. The molecule has 1 aromatic heterocycles. The predicted molar refractivity (Wildman–Crippen MR) is 126 cm³/mol. The summed E-state index contributed by atoms with van der Waals surface area (Å²) in [7, 11) is 5.15. The molecule has 1 unspecified atom stereocenters. The first-order valence-electron chi connectivity index (χ1n) is 8.97. The van der Waals surface area contributed by atoms with Crippen molar-refractivity contribution in [3.63, 3.8) is 0 Å². The van der Waals surface area contributed by atoms with Crippen molar-refractivity contribution in [3.8, 4) is 11.5 Å². The molecular weight excluding hydrogens is 489 g/mol. The van der Waals surface area contributed by atoms with Gasteiger partial charge >= 0.3 is 0 Å². The summed E-state index contributed by atoms with van der Waals surface area (Å²) in [6.45, 7) is 4.62. The van der Waals surface area contributed by atoms with E-state index in [9.17, 15) is 0 Å². The Balaban J connectivity index is 0.00000280. The van der Waals surface area contributed by atoms with Crippen LogP contribution in [0.3, 0.4) is 0 Å². The number of anilines is 1. The van der Waals surface area contributed by atoms with E-state index in [0.29, 0.717) is 6.04 Å². The number of ether oxygens (including phenoxy) is 2. The third-order valence-corrected chi connectivity index (χ3v) is 5.47. The highest BCUT2D eigenvalue weighted by Crippen LogP contribution is 2.30. The molecule has 0 radical (unpaired) electrons. The van der Waals surface area contributed by atoms with Crippen LogP contribution in [0.2, 0.25) is 0 Å². The Bertz CT molecular complexity index is 776. The second-order valence-electron chi connectivity index (χ2n) is 6.42. The van der Waals surface area contributed by atoms with Crippen LogP contribution in [0.4, 0.5) is 5.69 Å². The van der Waals surface area contributed by atoms with Crippen molar-refractivity contribution in [1.82, 2.24) is 15.6 Å². The van der Waals surface area contributed by atoms with E-state index in [0.717, 1.165) is 54.2 Å². The first-order valence-corrected chi connectivity index (χ1v) is 9.79. The number of aryl methyl sites for hydroxylation is 1. The highest BCUT2D eigenvalue weighted by atomic mass is 127. The number of nitrogens with zero attached hydrogens (tertiary/aromatic N) is 3. The number of thiazole rings is 1. The van der Waals surface area contributed by atoms with E-state index < -0.39 is 0 Å². The number of nitrogens with one attached hydrogen (secondary N) is 2. The number of hydrogen-bond donors (Lipinski definition) is 2. The van der Waals surface area contributed by atoms with Crippen LogP contribution < -0.4 is 25.0 Å². The van der Waals surface area contributed by atoms with Crippen LogP contribution in [0.15, 0.2) is 29.4 Å². The van der Waals surface area contributed by atoms with Gasteiger partial charge in [-0.3, -0.25) is 4.99 Å². The van der Waals surface area contributed by atoms with Crippen LogP contribution in [0.1, 0.15) is 16.3 Å². The fraction of sp³-hybridized carbons (Fsp3) is 0.474. The Kier molecular flexibility index (Phi) is 8.61. The molecule has 2 N–H and O–H groups in total. The molecule has 2 heterocycles. The molecule has 2 aromatic rings. The number of aliphatic imine (C=N–C) groups is 1. The maximum atomic E-state index is 5.39. The molecule has 9 heteroatoms. The quantitative estimate of drug-likeness (QED) is 0.349. The first-order chi connectivity index (χ1) is 13.1. The molecule has 1 aliphatic rings. The molecule has 7 nitrogen and oxygen atoms in total. The van der Waals surface area contributed by atoms with E-state index >= 15 is 0 Å². The SMILES string of the molecule is CN=C(NCc1cnc(C)s1)NC1CCN(c2cc(OC)cc(OC)c2)C1.I. The van der Waals surface area contributed by atoms with Gasteiger partial charge in [-0.2, -0.15) is 0 Å². The lowest BCUT2D eigenvalue weighted by atomic mass is 10.2. The molecule has 1 aliphatic heterocycles. The van der Waals surface area contributed by atoms with Crippen molar-refractivity contribution in [2.75, 3.05) is 39.3 Å². The number of benzene rings is 1. The summed E-state index contributed by atoms with van der Waals surface area (Å²) in [5.74, 6) is 2.42. The number of aromatic nitrogens is 1. The zero-order valence-corrected chi connectivity index (χ0v) is 19.8. The molecule has 1 aromatic carbocycles. The highest BCUT2D eigenvalue weighted by Gasteiger charge is 2.24. The second-order valence-corrected chi connectivity index (χ2v) is 7.74. The van der Waals surface area contributed by atoms with Gasteiger partial charge in [0.15, 0.2) is 5.96 Å². The third-order valence-electron chi connectivity index (χ3n) is 4.55. The maximum absolute atomic E-state index is 5.39. The summed E-state index contributed by atoms with van der Waals surface area (Å²) in [6.07, 6.45) is 2.95. The highest BCUT2D eigenvalue weighted by molar-refractivity contribution is 14.0. The van der Waals surface area contributed by atoms with Gasteiger partial charge in [0.1, 0.15) is 11.5 Å². The van der Waals surface area contributed by atoms with Crippen molar-refractivity contribution in [2.45, 2.75) is 25.9 Å². The van der Waals surface area contributed by atoms with E-state index in [1.807, 2.05) is 31.3 Å². The predicted octanol–water partition coefficient (Wildman–Crippen LogP) is 3.03. The average molecular weight is 517 g/mol. The van der Waals surface area contributed by atoms with Crippen LogP contribution in [-0.2, 0) is 6.54 Å². The zero-order chi connectivity index (χ0) is 19.2. The lowest BCUT2D eigenvalue weighted by Gasteiger charge is -2.21. The number of hydrogen-bond acceptors (Lipinski definition) is 6. The Labute approximate surface area is 187 Å². The Morgan fingerprint density at radius 2 is 2.00 bits per heavy atom. The zero-order valence-electron chi connectivity index (χ0n) is 16.7. The van der Waals surface area contributed by atoms with Crippen molar-refractivity contribution >= 4 is 47.0 Å². The number of methoxy groups -OCH3 is 2. The van der Waals surface area contributed by atoms with Gasteiger partial charge in [-0.1, -0.05) is 0 Å². The third kappa shape index (κ3) is 5.87. The van der Waals surface area contributed by atoms with Crippen molar-refractivity contribution < 1.29 is 9.47 Å². The maximum Gasteiger partial charge on any atom is 0.191 e. The molecule has 1 saturated heterocycles. The molecule has 0 spiro atoms. The van der Waals surface area contributed by atoms with E-state index in [1.165, 1.54) is 4.88 Å². The van der Waals surface area contributed by atoms with Gasteiger partial charge in [-0.05, 0) is 13.3 Å². The van der Waals surface area contributed by atoms with Crippen LogP contribution in [0.5, 0.6) is 11.5 Å². The van der Waals surface area contributed by atoms with Crippen LogP contribution >= 0.6 is 35.3 Å². The Hall–Kier alpha value is -1.75. The fourth-order valence-corrected chi connectivity index (χ4v) is 3.87. The number of halogens is 1. The monoisotopic (exact) mass is 517 g/mol. The van der Waals surface area contributed by atoms with Gasteiger partial charge in [-0.15, -0.1) is 35.3 Å². The average Bonchev–Trinajstić information content (AvgIpc) is 3.33. The van der Waals surface area contributed by atoms with Crippen LogP contribution in [-0.4, -0.2) is 51.3 Å². The summed E-state index contributed by atoms with van der Waals surface area (Å²) in [5.41, 5.74) is 1.11. The van der Waals surface area contributed by atoms with Gasteiger partial charge in [0.05, 0.1) is 25.8 Å². The molecule has 0 saturated carbocycles. The topological polar surface area (TPSA) is 71.0 Å². The summed E-state index contributed by atoms with van der Waals surface area (Å²) in [4.78, 5) is 12.2. The van der Waals surface area contributed by atoms with E-state index in [2.05, 4.69) is 25.5 Å². The van der Waals surface area contributed by atoms with Gasteiger partial charge in [0.2, 0.25) is 0 Å². The van der Waals surface area contributed by atoms with Gasteiger partial charge in [0.25, 0.3) is 0 Å². The molecule has 0 aliphatic carbocycles. The molecule has 1 atom stereocenters. The number of guanidine groups is 1. The van der Waals surface area contributed by atoms with E-state index in [-0.39, 0.29) is 24.0 Å². The summed E-state index contributed by atoms with van der Waals surface area (Å²) in [5, 5.41) is 7.96. The van der Waals surface area contributed by atoms with Crippen molar-refractivity contribution in [3.05, 3.63) is 34.3 Å². The Morgan fingerprint density at radius 1 is 1.29 bits per heavy atom.